The number of nitrogens with zero attached hydrogens (tertiary/aromatic N) is 4. The predicted molar refractivity (Wildman–Crippen MR) is 110 cm³/mol. The lowest BCUT2D eigenvalue weighted by atomic mass is 10.2. The van der Waals surface area contributed by atoms with Crippen LogP contribution in [0.1, 0.15) is 0 Å². The number of anilines is 1. The zero-order valence-electron chi connectivity index (χ0n) is 16.3. The van der Waals surface area contributed by atoms with Crippen LogP contribution in [-0.4, -0.2) is 53.3 Å². The number of carbonyl (C=O) groups excluding carboxylic acids is 1. The van der Waals surface area contributed by atoms with Crippen LogP contribution in [0.4, 0.5) is 16.2 Å². The van der Waals surface area contributed by atoms with E-state index in [9.17, 15) is 4.79 Å². The van der Waals surface area contributed by atoms with Gasteiger partial charge in [0.05, 0.1) is 29.6 Å². The van der Waals surface area contributed by atoms with Gasteiger partial charge in [0.2, 0.25) is 12.7 Å². The topological polar surface area (TPSA) is 102 Å². The van der Waals surface area contributed by atoms with Crippen LogP contribution in [0.15, 0.2) is 59.9 Å². The molecule has 0 radical (unpaired) electrons. The fourth-order valence-corrected chi connectivity index (χ4v) is 3.71. The number of carbonyl (C=O) groups is 1. The molecule has 4 heterocycles. The van der Waals surface area contributed by atoms with Crippen molar-refractivity contribution in [3.63, 3.8) is 0 Å². The minimum atomic E-state index is -0.289. The van der Waals surface area contributed by atoms with E-state index in [0.29, 0.717) is 47.8 Å². The Labute approximate surface area is 176 Å². The molecule has 156 valence electrons. The van der Waals surface area contributed by atoms with Crippen molar-refractivity contribution in [2.45, 2.75) is 0 Å². The molecule has 0 bridgehead atoms. The molecule has 0 unspecified atom stereocenters. The van der Waals surface area contributed by atoms with Gasteiger partial charge in [0.1, 0.15) is 25.3 Å². The number of benzene rings is 2. The van der Waals surface area contributed by atoms with Crippen LogP contribution in [0.2, 0.25) is 0 Å². The molecule has 0 spiro atoms. The molecule has 1 N–H and O–H groups in total. The van der Waals surface area contributed by atoms with Crippen LogP contribution in [0, 0.1) is 0 Å². The van der Waals surface area contributed by atoms with Gasteiger partial charge in [-0.3, -0.25) is 4.90 Å². The summed E-state index contributed by atoms with van der Waals surface area (Å²) in [4.78, 5) is 28.4. The first-order valence-corrected chi connectivity index (χ1v) is 9.73. The normalized spacial score (nSPS) is 19.0. The average Bonchev–Trinajstić information content (AvgIpc) is 3.53. The number of ether oxygens (including phenoxy) is 4. The Hall–Kier alpha value is -4.21. The van der Waals surface area contributed by atoms with Crippen molar-refractivity contribution in [3.8, 4) is 11.5 Å². The zero-order valence-corrected chi connectivity index (χ0v) is 16.3. The van der Waals surface area contributed by atoms with Crippen LogP contribution in [0.25, 0.3) is 11.0 Å². The van der Waals surface area contributed by atoms with Crippen molar-refractivity contribution in [2.75, 3.05) is 31.5 Å². The number of aromatic amines is 1. The van der Waals surface area contributed by atoms with E-state index in [-0.39, 0.29) is 19.4 Å². The van der Waals surface area contributed by atoms with Crippen LogP contribution in [-0.2, 0) is 9.47 Å². The molecule has 1 saturated heterocycles. The van der Waals surface area contributed by atoms with Crippen molar-refractivity contribution >= 4 is 34.3 Å². The highest BCUT2D eigenvalue weighted by atomic mass is 16.7. The summed E-state index contributed by atoms with van der Waals surface area (Å²) < 4.78 is 21.9. The van der Waals surface area contributed by atoms with E-state index in [2.05, 4.69) is 9.97 Å². The van der Waals surface area contributed by atoms with E-state index in [1.54, 1.807) is 17.3 Å². The van der Waals surface area contributed by atoms with Crippen molar-refractivity contribution in [1.29, 1.82) is 0 Å². The third-order valence-corrected chi connectivity index (χ3v) is 5.16. The molecule has 6 rings (SSSR count). The Morgan fingerprint density at radius 1 is 1.03 bits per heavy atom. The van der Waals surface area contributed by atoms with Crippen molar-refractivity contribution in [1.82, 2.24) is 14.9 Å². The number of urea groups is 1. The first-order valence-electron chi connectivity index (χ1n) is 9.73. The quantitative estimate of drug-likeness (QED) is 0.700. The second-order valence-corrected chi connectivity index (χ2v) is 7.05. The Kier molecular flexibility index (Phi) is 3.95. The van der Waals surface area contributed by atoms with E-state index in [4.69, 9.17) is 23.9 Å². The number of aromatic nitrogens is 2. The lowest BCUT2D eigenvalue weighted by Gasteiger charge is -2.18. The first-order chi connectivity index (χ1) is 15.3. The number of hydrogen-bond acceptors (Lipinski definition) is 7. The minimum Gasteiger partial charge on any atom is -0.486 e. The van der Waals surface area contributed by atoms with E-state index < -0.39 is 0 Å². The Bertz CT molecular complexity index is 1250. The van der Waals surface area contributed by atoms with E-state index >= 15 is 0 Å². The molecular weight excluding hydrogens is 402 g/mol. The summed E-state index contributed by atoms with van der Waals surface area (Å²) in [6.07, 6.45) is 3.04. The largest absolute Gasteiger partial charge is 0.486 e. The molecule has 0 aliphatic carbocycles. The van der Waals surface area contributed by atoms with Gasteiger partial charge >= 0.3 is 6.03 Å². The highest BCUT2D eigenvalue weighted by molar-refractivity contribution is 6.16. The van der Waals surface area contributed by atoms with Gasteiger partial charge in [-0.1, -0.05) is 0 Å². The fourth-order valence-electron chi connectivity index (χ4n) is 3.71. The molecule has 2 aromatic carbocycles. The summed E-state index contributed by atoms with van der Waals surface area (Å²) in [5.74, 6) is 2.10. The van der Waals surface area contributed by atoms with Crippen LogP contribution in [0.5, 0.6) is 11.5 Å². The maximum Gasteiger partial charge on any atom is 0.337 e. The molecule has 1 fully saturated rings. The molecule has 10 heteroatoms. The smallest absolute Gasteiger partial charge is 0.337 e. The van der Waals surface area contributed by atoms with Gasteiger partial charge in [0.15, 0.2) is 11.5 Å². The maximum absolute atomic E-state index is 13.3. The Balaban J connectivity index is 1.39. The minimum absolute atomic E-state index is 0.0512. The number of amides is 2. The SMILES string of the molecule is O=C1N(C2=COCO2)C(=Nc2ccc3c(c2)OCCO3)CN1c1ccc2[nH]cnc2c1. The molecule has 10 nitrogen and oxygen atoms in total. The number of amidine groups is 1. The van der Waals surface area contributed by atoms with Gasteiger partial charge < -0.3 is 23.9 Å². The average molecular weight is 419 g/mol. The van der Waals surface area contributed by atoms with Gasteiger partial charge in [-0.15, -0.1) is 0 Å². The predicted octanol–water partition coefficient (Wildman–Crippen LogP) is 3.11. The fraction of sp³-hybridized carbons (Fsp3) is 0.190. The summed E-state index contributed by atoms with van der Waals surface area (Å²) in [7, 11) is 0. The summed E-state index contributed by atoms with van der Waals surface area (Å²) in [5.41, 5.74) is 3.02. The molecule has 0 atom stereocenters. The van der Waals surface area contributed by atoms with E-state index in [1.807, 2.05) is 30.3 Å². The molecule has 2 amide bonds. The van der Waals surface area contributed by atoms with Gasteiger partial charge in [-0.2, -0.15) is 0 Å². The molecule has 3 aromatic rings. The maximum atomic E-state index is 13.3. The lowest BCUT2D eigenvalue weighted by molar-refractivity contribution is 0.0659. The molecule has 3 aliphatic heterocycles. The second-order valence-electron chi connectivity index (χ2n) is 7.05. The van der Waals surface area contributed by atoms with Gasteiger partial charge in [0.25, 0.3) is 0 Å². The second kappa shape index (κ2) is 6.94. The lowest BCUT2D eigenvalue weighted by Crippen LogP contribution is -2.32. The highest BCUT2D eigenvalue weighted by Gasteiger charge is 2.40. The summed E-state index contributed by atoms with van der Waals surface area (Å²) in [6.45, 7) is 1.31. The number of nitrogens with one attached hydrogen (secondary N) is 1. The third-order valence-electron chi connectivity index (χ3n) is 5.16. The number of H-pyrrole nitrogens is 1. The molecule has 1 aromatic heterocycles. The van der Waals surface area contributed by atoms with Gasteiger partial charge in [0, 0.05) is 11.8 Å². The standard InChI is InChI=1S/C21H17N5O5/c27-21-25(14-2-3-15-16(8-14)23-11-22-15)9-19(26(21)20-10-28-12-31-20)24-13-1-4-17-18(7-13)30-6-5-29-17/h1-4,7-8,10-11H,5-6,9,12H2,(H,22,23). The van der Waals surface area contributed by atoms with Gasteiger partial charge in [-0.05, 0) is 30.3 Å². The number of aliphatic imine (C=N–C) groups is 1. The highest BCUT2D eigenvalue weighted by Crippen LogP contribution is 2.35. The summed E-state index contributed by atoms with van der Waals surface area (Å²) in [6, 6.07) is 10.7. The van der Waals surface area contributed by atoms with Crippen LogP contribution >= 0.6 is 0 Å². The number of imidazole rings is 1. The Morgan fingerprint density at radius 2 is 1.94 bits per heavy atom. The summed E-state index contributed by atoms with van der Waals surface area (Å²) >= 11 is 0. The van der Waals surface area contributed by atoms with E-state index in [0.717, 1.165) is 11.0 Å². The van der Waals surface area contributed by atoms with Crippen molar-refractivity contribution < 1.29 is 23.7 Å². The number of rotatable bonds is 3. The monoisotopic (exact) mass is 419 g/mol. The van der Waals surface area contributed by atoms with Crippen molar-refractivity contribution in [3.05, 3.63) is 54.9 Å². The molecule has 31 heavy (non-hydrogen) atoms. The van der Waals surface area contributed by atoms with Crippen LogP contribution < -0.4 is 14.4 Å². The van der Waals surface area contributed by atoms with E-state index in [1.165, 1.54) is 11.2 Å². The van der Waals surface area contributed by atoms with Crippen molar-refractivity contribution in [2.24, 2.45) is 4.99 Å². The first kappa shape index (κ1) is 17.6. The van der Waals surface area contributed by atoms with Gasteiger partial charge in [-0.25, -0.2) is 19.7 Å². The number of fused-ring (bicyclic) bond motifs is 2. The third kappa shape index (κ3) is 3.00. The zero-order chi connectivity index (χ0) is 20.8. The number of hydrogen-bond donors (Lipinski definition) is 1. The van der Waals surface area contributed by atoms with Crippen LogP contribution in [0.3, 0.4) is 0 Å². The molecule has 3 aliphatic rings. The Morgan fingerprint density at radius 3 is 2.81 bits per heavy atom. The molecular formula is C21H17N5O5. The summed E-state index contributed by atoms with van der Waals surface area (Å²) in [5, 5.41) is 0. The molecule has 0 saturated carbocycles.